The lowest BCUT2D eigenvalue weighted by atomic mass is 10.3. The zero-order chi connectivity index (χ0) is 14.0. The Balaban J connectivity index is 2.42. The molecule has 98 valence electrons. The minimum atomic E-state index is -1.15. The summed E-state index contributed by atoms with van der Waals surface area (Å²) in [7, 11) is 0. The zero-order valence-corrected chi connectivity index (χ0v) is 11.5. The van der Waals surface area contributed by atoms with Crippen LogP contribution >= 0.6 is 34.8 Å². The summed E-state index contributed by atoms with van der Waals surface area (Å²) < 4.78 is 5.37. The second-order valence-corrected chi connectivity index (χ2v) is 4.68. The summed E-state index contributed by atoms with van der Waals surface area (Å²) in [6.45, 7) is 0. The van der Waals surface area contributed by atoms with Crippen LogP contribution in [0.4, 0.5) is 0 Å². The quantitative estimate of drug-likeness (QED) is 0.844. The molecule has 2 aromatic rings. The van der Waals surface area contributed by atoms with Crippen molar-refractivity contribution < 1.29 is 14.6 Å². The lowest BCUT2D eigenvalue weighted by molar-refractivity contribution is 0.0693. The third kappa shape index (κ3) is 3.10. The van der Waals surface area contributed by atoms with Crippen LogP contribution in [0.3, 0.4) is 0 Å². The lowest BCUT2D eigenvalue weighted by Gasteiger charge is -2.09. The molecule has 0 aliphatic rings. The van der Waals surface area contributed by atoms with Gasteiger partial charge < -0.3 is 9.84 Å². The molecule has 0 saturated carbocycles. The molecule has 1 aromatic carbocycles. The van der Waals surface area contributed by atoms with Gasteiger partial charge in [-0.2, -0.15) is 0 Å². The summed E-state index contributed by atoms with van der Waals surface area (Å²) in [5, 5.41) is 9.74. The van der Waals surface area contributed by atoms with Crippen molar-refractivity contribution in [3.05, 3.63) is 51.1 Å². The minimum absolute atomic E-state index is 0.0738. The van der Waals surface area contributed by atoms with E-state index in [0.29, 0.717) is 0 Å². The van der Waals surface area contributed by atoms with E-state index in [1.165, 1.54) is 30.5 Å². The molecular weight excluding hydrogens is 312 g/mol. The first-order valence-corrected chi connectivity index (χ1v) is 6.13. The fourth-order valence-corrected chi connectivity index (χ4v) is 1.90. The molecule has 7 heteroatoms. The van der Waals surface area contributed by atoms with Crippen LogP contribution in [0.1, 0.15) is 10.4 Å². The Morgan fingerprint density at radius 2 is 1.84 bits per heavy atom. The van der Waals surface area contributed by atoms with Gasteiger partial charge in [-0.05, 0) is 18.2 Å². The molecule has 0 atom stereocenters. The largest absolute Gasteiger partial charge is 0.477 e. The van der Waals surface area contributed by atoms with Crippen molar-refractivity contribution in [2.45, 2.75) is 0 Å². The topological polar surface area (TPSA) is 59.4 Å². The van der Waals surface area contributed by atoms with Crippen LogP contribution in [0.2, 0.25) is 15.1 Å². The number of pyridine rings is 1. The molecule has 1 heterocycles. The van der Waals surface area contributed by atoms with Gasteiger partial charge in [-0.25, -0.2) is 9.78 Å². The zero-order valence-electron chi connectivity index (χ0n) is 9.23. The van der Waals surface area contributed by atoms with E-state index in [0.717, 1.165) is 0 Å². The number of aromatic carboxylic acids is 1. The highest BCUT2D eigenvalue weighted by Gasteiger charge is 2.15. The fraction of sp³-hybridized carbons (Fsp3) is 0. The molecule has 0 unspecified atom stereocenters. The summed E-state index contributed by atoms with van der Waals surface area (Å²) in [4.78, 5) is 14.9. The number of halogens is 3. The first-order valence-electron chi connectivity index (χ1n) is 4.99. The lowest BCUT2D eigenvalue weighted by Crippen LogP contribution is -2.01. The van der Waals surface area contributed by atoms with Crippen molar-refractivity contribution in [1.29, 1.82) is 0 Å². The van der Waals surface area contributed by atoms with Crippen molar-refractivity contribution in [1.82, 2.24) is 4.98 Å². The van der Waals surface area contributed by atoms with Gasteiger partial charge in [0.05, 0.1) is 15.1 Å². The van der Waals surface area contributed by atoms with Crippen molar-refractivity contribution in [3.8, 4) is 11.6 Å². The van der Waals surface area contributed by atoms with Crippen molar-refractivity contribution >= 4 is 40.8 Å². The third-order valence-corrected chi connectivity index (χ3v) is 3.20. The third-order valence-electron chi connectivity index (χ3n) is 2.18. The summed E-state index contributed by atoms with van der Waals surface area (Å²) in [6.07, 6.45) is 1.41. The fourth-order valence-electron chi connectivity index (χ4n) is 1.32. The van der Waals surface area contributed by atoms with Crippen LogP contribution < -0.4 is 4.74 Å². The first-order chi connectivity index (χ1) is 8.99. The van der Waals surface area contributed by atoms with Gasteiger partial charge in [0.1, 0.15) is 11.3 Å². The molecule has 0 fully saturated rings. The molecular formula is C12H6Cl3NO3. The van der Waals surface area contributed by atoms with Gasteiger partial charge in [0.15, 0.2) is 0 Å². The number of benzene rings is 1. The second kappa shape index (κ2) is 5.65. The number of aromatic nitrogens is 1. The standard InChI is InChI=1S/C12H6Cl3NO3/c13-7-4-9(15)10(5-8(7)14)19-11-6(12(17)18)2-1-3-16-11/h1-5H,(H,17,18). The molecule has 1 aromatic heterocycles. The van der Waals surface area contributed by atoms with Crippen LogP contribution in [-0.2, 0) is 0 Å². The average molecular weight is 319 g/mol. The normalized spacial score (nSPS) is 10.3. The van der Waals surface area contributed by atoms with Crippen LogP contribution in [0.5, 0.6) is 11.6 Å². The van der Waals surface area contributed by atoms with Gasteiger partial charge in [-0.15, -0.1) is 0 Å². The predicted octanol–water partition coefficient (Wildman–Crippen LogP) is 4.53. The van der Waals surface area contributed by atoms with Gasteiger partial charge in [-0.1, -0.05) is 34.8 Å². The van der Waals surface area contributed by atoms with Crippen molar-refractivity contribution in [2.24, 2.45) is 0 Å². The maximum absolute atomic E-state index is 11.0. The average Bonchev–Trinajstić information content (AvgIpc) is 2.36. The van der Waals surface area contributed by atoms with Gasteiger partial charge in [-0.3, -0.25) is 0 Å². The molecule has 4 nitrogen and oxygen atoms in total. The summed E-state index contributed by atoms with van der Waals surface area (Å²) in [5.41, 5.74) is -0.0790. The molecule has 2 rings (SSSR count). The van der Waals surface area contributed by atoms with Crippen LogP contribution in [-0.4, -0.2) is 16.1 Å². The van der Waals surface area contributed by atoms with E-state index in [1.54, 1.807) is 0 Å². The molecule has 0 aliphatic heterocycles. The highest BCUT2D eigenvalue weighted by atomic mass is 35.5. The van der Waals surface area contributed by atoms with Crippen LogP contribution in [0.15, 0.2) is 30.5 Å². The number of ether oxygens (including phenoxy) is 1. The number of hydrogen-bond donors (Lipinski definition) is 1. The van der Waals surface area contributed by atoms with E-state index in [1.807, 2.05) is 0 Å². The molecule has 0 bridgehead atoms. The number of nitrogens with zero attached hydrogens (tertiary/aromatic N) is 1. The first kappa shape index (κ1) is 13.9. The molecule has 0 saturated heterocycles. The minimum Gasteiger partial charge on any atom is -0.477 e. The maximum Gasteiger partial charge on any atom is 0.341 e. The summed E-state index contributed by atoms with van der Waals surface area (Å²) in [5.74, 6) is -1.05. The Labute approximate surface area is 123 Å². The van der Waals surface area contributed by atoms with Gasteiger partial charge >= 0.3 is 5.97 Å². The Morgan fingerprint density at radius 1 is 1.16 bits per heavy atom. The summed E-state index contributed by atoms with van der Waals surface area (Å²) in [6, 6.07) is 5.67. The van der Waals surface area contributed by atoms with Crippen LogP contribution in [0, 0.1) is 0 Å². The number of rotatable bonds is 3. The molecule has 1 N–H and O–H groups in total. The molecule has 0 aliphatic carbocycles. The smallest absolute Gasteiger partial charge is 0.341 e. The van der Waals surface area contributed by atoms with E-state index in [-0.39, 0.29) is 32.3 Å². The van der Waals surface area contributed by atoms with E-state index >= 15 is 0 Å². The molecule has 0 spiro atoms. The Hall–Kier alpha value is -1.49. The van der Waals surface area contributed by atoms with Crippen LogP contribution in [0.25, 0.3) is 0 Å². The van der Waals surface area contributed by atoms with E-state index < -0.39 is 5.97 Å². The highest BCUT2D eigenvalue weighted by Crippen LogP contribution is 2.36. The number of carbonyl (C=O) groups is 1. The maximum atomic E-state index is 11.0. The Kier molecular flexibility index (Phi) is 4.14. The predicted molar refractivity (Wildman–Crippen MR) is 72.7 cm³/mol. The molecule has 19 heavy (non-hydrogen) atoms. The monoisotopic (exact) mass is 317 g/mol. The summed E-state index contributed by atoms with van der Waals surface area (Å²) >= 11 is 17.6. The Bertz CT molecular complexity index is 646. The van der Waals surface area contributed by atoms with E-state index in [4.69, 9.17) is 44.6 Å². The Morgan fingerprint density at radius 3 is 2.53 bits per heavy atom. The van der Waals surface area contributed by atoms with Gasteiger partial charge in [0.2, 0.25) is 5.88 Å². The number of hydrogen-bond acceptors (Lipinski definition) is 3. The van der Waals surface area contributed by atoms with Gasteiger partial charge in [0, 0.05) is 12.3 Å². The SMILES string of the molecule is O=C(O)c1cccnc1Oc1cc(Cl)c(Cl)cc1Cl. The van der Waals surface area contributed by atoms with E-state index in [9.17, 15) is 4.79 Å². The number of carboxylic acid groups (broad SMARTS) is 1. The molecule has 0 amide bonds. The molecule has 0 radical (unpaired) electrons. The van der Waals surface area contributed by atoms with Gasteiger partial charge in [0.25, 0.3) is 0 Å². The van der Waals surface area contributed by atoms with Crippen molar-refractivity contribution in [3.63, 3.8) is 0 Å². The van der Waals surface area contributed by atoms with Crippen molar-refractivity contribution in [2.75, 3.05) is 0 Å². The highest BCUT2D eigenvalue weighted by molar-refractivity contribution is 6.43. The number of carboxylic acids is 1. The van der Waals surface area contributed by atoms with E-state index in [2.05, 4.69) is 4.98 Å². The second-order valence-electron chi connectivity index (χ2n) is 3.46.